The summed E-state index contributed by atoms with van der Waals surface area (Å²) in [5.74, 6) is 0.611. The van der Waals surface area contributed by atoms with Crippen LogP contribution in [0.25, 0.3) is 0 Å². The monoisotopic (exact) mass is 558 g/mol. The molecule has 2 aromatic rings. The van der Waals surface area contributed by atoms with Gasteiger partial charge in [-0.2, -0.15) is 0 Å². The van der Waals surface area contributed by atoms with E-state index in [1.165, 1.54) is 18.9 Å². The van der Waals surface area contributed by atoms with Gasteiger partial charge in [-0.15, -0.1) is 0 Å². The second-order valence-corrected chi connectivity index (χ2v) is 10.3. The third-order valence-corrected chi connectivity index (χ3v) is 6.56. The zero-order valence-electron chi connectivity index (χ0n) is 18.3. The molecule has 1 atom stereocenters. The van der Waals surface area contributed by atoms with Crippen LogP contribution >= 0.6 is 34.2 Å². The molecule has 0 bridgehead atoms. The lowest BCUT2D eigenvalue weighted by atomic mass is 9.83. The molecule has 2 aromatic heterocycles. The van der Waals surface area contributed by atoms with E-state index in [0.29, 0.717) is 29.8 Å². The van der Waals surface area contributed by atoms with Gasteiger partial charge in [-0.1, -0.05) is 32.4 Å². The van der Waals surface area contributed by atoms with Crippen molar-refractivity contribution in [2.24, 2.45) is 11.3 Å². The topological polar surface area (TPSA) is 70.4 Å². The molecule has 168 valence electrons. The highest BCUT2D eigenvalue weighted by atomic mass is 127. The van der Waals surface area contributed by atoms with Crippen molar-refractivity contribution in [1.29, 1.82) is 0 Å². The summed E-state index contributed by atoms with van der Waals surface area (Å²) in [6.07, 6.45) is 6.35. The van der Waals surface area contributed by atoms with Crippen LogP contribution in [0.4, 0.5) is 0 Å². The number of carbonyl (C=O) groups is 1. The van der Waals surface area contributed by atoms with Crippen LogP contribution in [0, 0.1) is 15.0 Å². The molecule has 0 saturated heterocycles. The van der Waals surface area contributed by atoms with E-state index in [0.717, 1.165) is 9.26 Å². The second kappa shape index (κ2) is 9.90. The zero-order chi connectivity index (χ0) is 22.8. The SMILES string of the molecule is CCOC(=O)c1cn([C@H](Cc2cc(OCC3CC3)c(Cl)nc2I)C(C)(C)C)ccc1=O. The summed E-state index contributed by atoms with van der Waals surface area (Å²) in [6, 6.07) is 3.34. The van der Waals surface area contributed by atoms with Gasteiger partial charge in [-0.25, -0.2) is 9.78 Å². The van der Waals surface area contributed by atoms with Crippen LogP contribution < -0.4 is 10.2 Å². The molecule has 1 aliphatic carbocycles. The molecule has 2 heterocycles. The molecular weight excluding hydrogens is 531 g/mol. The number of esters is 1. The van der Waals surface area contributed by atoms with Crippen LogP contribution in [-0.2, 0) is 11.2 Å². The van der Waals surface area contributed by atoms with Gasteiger partial charge in [0.1, 0.15) is 9.26 Å². The first-order valence-corrected chi connectivity index (χ1v) is 11.9. The zero-order valence-corrected chi connectivity index (χ0v) is 21.2. The third kappa shape index (κ3) is 6.22. The maximum Gasteiger partial charge on any atom is 0.343 e. The number of aromatic nitrogens is 2. The molecule has 8 heteroatoms. The average molecular weight is 559 g/mol. The lowest BCUT2D eigenvalue weighted by Crippen LogP contribution is -2.29. The Balaban J connectivity index is 1.94. The second-order valence-electron chi connectivity index (χ2n) is 8.96. The maximum absolute atomic E-state index is 12.2. The predicted molar refractivity (Wildman–Crippen MR) is 129 cm³/mol. The Kier molecular flexibility index (Phi) is 7.68. The van der Waals surface area contributed by atoms with Crippen LogP contribution in [0.2, 0.25) is 5.15 Å². The number of carbonyl (C=O) groups excluding carboxylic acids is 1. The fourth-order valence-corrected chi connectivity index (χ4v) is 4.30. The molecule has 0 unspecified atom stereocenters. The summed E-state index contributed by atoms with van der Waals surface area (Å²) in [4.78, 5) is 28.9. The maximum atomic E-state index is 12.2. The summed E-state index contributed by atoms with van der Waals surface area (Å²) >= 11 is 8.51. The van der Waals surface area contributed by atoms with Crippen LogP contribution in [-0.4, -0.2) is 28.7 Å². The van der Waals surface area contributed by atoms with Gasteiger partial charge in [-0.3, -0.25) is 4.79 Å². The quantitative estimate of drug-likeness (QED) is 0.250. The van der Waals surface area contributed by atoms with Gasteiger partial charge in [0.25, 0.3) is 0 Å². The van der Waals surface area contributed by atoms with Crippen molar-refractivity contribution in [2.75, 3.05) is 13.2 Å². The summed E-state index contributed by atoms with van der Waals surface area (Å²) in [5, 5.41) is 0.370. The van der Waals surface area contributed by atoms with Crippen molar-refractivity contribution in [1.82, 2.24) is 9.55 Å². The Morgan fingerprint density at radius 2 is 2.10 bits per heavy atom. The molecule has 0 aromatic carbocycles. The Bertz CT molecular complexity index is 1010. The highest BCUT2D eigenvalue weighted by molar-refractivity contribution is 14.1. The molecule has 3 rings (SSSR count). The van der Waals surface area contributed by atoms with Crippen molar-refractivity contribution >= 4 is 40.2 Å². The number of pyridine rings is 2. The normalized spacial score (nSPS) is 14.9. The number of ether oxygens (including phenoxy) is 2. The Hall–Kier alpha value is -1.61. The van der Waals surface area contributed by atoms with E-state index >= 15 is 0 Å². The van der Waals surface area contributed by atoms with Crippen LogP contribution in [0.3, 0.4) is 0 Å². The molecule has 0 aliphatic heterocycles. The summed E-state index contributed by atoms with van der Waals surface area (Å²) in [6.45, 7) is 8.97. The Morgan fingerprint density at radius 1 is 1.39 bits per heavy atom. The van der Waals surface area contributed by atoms with Crippen molar-refractivity contribution in [3.8, 4) is 5.75 Å². The van der Waals surface area contributed by atoms with E-state index < -0.39 is 5.97 Å². The van der Waals surface area contributed by atoms with E-state index in [1.807, 2.05) is 10.6 Å². The van der Waals surface area contributed by atoms with Crippen LogP contribution in [0.15, 0.2) is 29.3 Å². The first-order chi connectivity index (χ1) is 14.6. The van der Waals surface area contributed by atoms with Crippen molar-refractivity contribution in [3.05, 3.63) is 54.7 Å². The van der Waals surface area contributed by atoms with Gasteiger partial charge in [0.2, 0.25) is 0 Å². The van der Waals surface area contributed by atoms with E-state index in [-0.39, 0.29) is 29.1 Å². The number of halogens is 2. The van der Waals surface area contributed by atoms with Gasteiger partial charge in [0.05, 0.1) is 13.2 Å². The van der Waals surface area contributed by atoms with Crippen molar-refractivity contribution < 1.29 is 14.3 Å². The average Bonchev–Trinajstić information content (AvgIpc) is 3.51. The fraction of sp³-hybridized carbons (Fsp3) is 0.522. The van der Waals surface area contributed by atoms with Crippen LogP contribution in [0.5, 0.6) is 5.75 Å². The Morgan fingerprint density at radius 3 is 2.71 bits per heavy atom. The number of hydrogen-bond donors (Lipinski definition) is 0. The van der Waals surface area contributed by atoms with Crippen molar-refractivity contribution in [2.45, 2.75) is 53.0 Å². The Labute approximate surface area is 201 Å². The third-order valence-electron chi connectivity index (χ3n) is 5.35. The number of rotatable bonds is 8. The molecule has 0 radical (unpaired) electrons. The number of hydrogen-bond acceptors (Lipinski definition) is 5. The number of nitrogens with zero attached hydrogens (tertiary/aromatic N) is 2. The molecule has 0 N–H and O–H groups in total. The highest BCUT2D eigenvalue weighted by Crippen LogP contribution is 2.37. The molecule has 1 aliphatic rings. The van der Waals surface area contributed by atoms with Gasteiger partial charge >= 0.3 is 5.97 Å². The summed E-state index contributed by atoms with van der Waals surface area (Å²) < 4.78 is 13.7. The minimum absolute atomic E-state index is 0.0379. The van der Waals surface area contributed by atoms with Crippen molar-refractivity contribution in [3.63, 3.8) is 0 Å². The highest BCUT2D eigenvalue weighted by Gasteiger charge is 2.29. The molecule has 1 saturated carbocycles. The molecule has 6 nitrogen and oxygen atoms in total. The van der Waals surface area contributed by atoms with E-state index in [9.17, 15) is 9.59 Å². The largest absolute Gasteiger partial charge is 0.490 e. The van der Waals surface area contributed by atoms with Gasteiger partial charge in [0, 0.05) is 24.5 Å². The first kappa shape index (κ1) is 24.0. The van der Waals surface area contributed by atoms with Crippen LogP contribution in [0.1, 0.15) is 62.5 Å². The summed E-state index contributed by atoms with van der Waals surface area (Å²) in [7, 11) is 0. The predicted octanol–water partition coefficient (Wildman–Crippen LogP) is 5.30. The molecule has 0 amide bonds. The first-order valence-electron chi connectivity index (χ1n) is 10.5. The van der Waals surface area contributed by atoms with E-state index in [4.69, 9.17) is 21.1 Å². The molecule has 31 heavy (non-hydrogen) atoms. The lowest BCUT2D eigenvalue weighted by molar-refractivity contribution is 0.0523. The smallest absolute Gasteiger partial charge is 0.343 e. The minimum Gasteiger partial charge on any atom is -0.490 e. The summed E-state index contributed by atoms with van der Waals surface area (Å²) in [5.41, 5.74) is 0.530. The van der Waals surface area contributed by atoms with E-state index in [1.54, 1.807) is 19.3 Å². The van der Waals surface area contributed by atoms with Gasteiger partial charge in [0.15, 0.2) is 16.3 Å². The fourth-order valence-electron chi connectivity index (χ4n) is 3.35. The van der Waals surface area contributed by atoms with Gasteiger partial charge < -0.3 is 14.0 Å². The molecule has 1 fully saturated rings. The standard InChI is InChI=1S/C23H28ClIN2O4/c1-5-30-22(29)16-12-27(9-8-17(16)28)19(23(2,3)4)11-15-10-18(20(24)26-21(15)25)31-13-14-6-7-14/h8-10,12,14,19H,5-7,11,13H2,1-4H3/t19-/m1/s1. The minimum atomic E-state index is -0.604. The molecule has 0 spiro atoms. The molecular formula is C23H28ClIN2O4. The lowest BCUT2D eigenvalue weighted by Gasteiger charge is -2.33. The van der Waals surface area contributed by atoms with Gasteiger partial charge in [-0.05, 0) is 71.7 Å². The van der Waals surface area contributed by atoms with E-state index in [2.05, 4.69) is 48.3 Å².